The maximum Gasteiger partial charge on any atom is 0.348 e. The number of nitrogens with one attached hydrogen (secondary N) is 1. The second kappa shape index (κ2) is 9.95. The molecule has 6 nitrogen and oxygen atoms in total. The summed E-state index contributed by atoms with van der Waals surface area (Å²) in [5, 5.41) is 13.0. The van der Waals surface area contributed by atoms with Gasteiger partial charge in [0, 0.05) is 11.4 Å². The number of carbonyl (C=O) groups is 2. The van der Waals surface area contributed by atoms with E-state index in [2.05, 4.69) is 5.32 Å². The van der Waals surface area contributed by atoms with Crippen molar-refractivity contribution in [1.29, 1.82) is 5.26 Å². The zero-order chi connectivity index (χ0) is 19.8. The molecule has 142 valence electrons. The molecule has 0 saturated carbocycles. The van der Waals surface area contributed by atoms with Gasteiger partial charge in [0.15, 0.2) is 0 Å². The number of anilines is 1. The molecule has 1 aromatic carbocycles. The van der Waals surface area contributed by atoms with Crippen molar-refractivity contribution in [3.05, 3.63) is 45.3 Å². The highest BCUT2D eigenvalue weighted by molar-refractivity contribution is 7.18. The van der Waals surface area contributed by atoms with Crippen molar-refractivity contribution in [2.45, 2.75) is 26.7 Å². The fraction of sp³-hybridized carbons (Fsp3) is 0.316. The Kier molecular flexibility index (Phi) is 7.65. The minimum atomic E-state index is -0.492. The lowest BCUT2D eigenvalue weighted by Gasteiger charge is -2.06. The number of nitrogens with zero attached hydrogens (tertiary/aromatic N) is 1. The minimum absolute atomic E-state index is 0.226. The van der Waals surface area contributed by atoms with E-state index in [0.29, 0.717) is 39.2 Å². The summed E-state index contributed by atoms with van der Waals surface area (Å²) in [5.74, 6) is -0.0595. The van der Waals surface area contributed by atoms with E-state index >= 15 is 0 Å². The highest BCUT2D eigenvalue weighted by Gasteiger charge is 2.22. The van der Waals surface area contributed by atoms with Gasteiger partial charge in [0.05, 0.1) is 18.8 Å². The molecule has 1 N–H and O–H groups in total. The molecule has 8 heteroatoms. The van der Waals surface area contributed by atoms with Crippen LogP contribution < -0.4 is 10.1 Å². The molecule has 0 aliphatic rings. The normalized spacial score (nSPS) is 10.1. The first-order valence-corrected chi connectivity index (χ1v) is 9.54. The van der Waals surface area contributed by atoms with Gasteiger partial charge in [0.2, 0.25) is 5.91 Å². The van der Waals surface area contributed by atoms with E-state index < -0.39 is 5.97 Å². The van der Waals surface area contributed by atoms with Crippen LogP contribution in [0.15, 0.2) is 24.3 Å². The summed E-state index contributed by atoms with van der Waals surface area (Å²) in [7, 11) is 0. The predicted octanol–water partition coefficient (Wildman–Crippen LogP) is 4.56. The van der Waals surface area contributed by atoms with Crippen LogP contribution in [0.4, 0.5) is 5.00 Å². The predicted molar refractivity (Wildman–Crippen MR) is 105 cm³/mol. The number of esters is 1. The minimum Gasteiger partial charge on any atom is -0.494 e. The van der Waals surface area contributed by atoms with E-state index in [1.165, 1.54) is 0 Å². The van der Waals surface area contributed by atoms with Crippen LogP contribution in [0, 0.1) is 18.3 Å². The van der Waals surface area contributed by atoms with Gasteiger partial charge in [-0.3, -0.25) is 4.79 Å². The van der Waals surface area contributed by atoms with E-state index in [0.717, 1.165) is 11.3 Å². The van der Waals surface area contributed by atoms with E-state index in [-0.39, 0.29) is 24.5 Å². The van der Waals surface area contributed by atoms with Crippen molar-refractivity contribution >= 4 is 39.8 Å². The SMILES string of the molecule is CCOC(=O)c1sc(NC(=O)CCCOc2ccc(Cl)cc2)c(C#N)c1C. The highest BCUT2D eigenvalue weighted by Crippen LogP contribution is 2.33. The standard InChI is InChI=1S/C19H19ClN2O4S/c1-3-25-19(24)17-12(2)15(11-21)18(27-17)22-16(23)5-4-10-26-14-8-6-13(20)7-9-14/h6-9H,3-5,10H2,1-2H3,(H,22,23). The lowest BCUT2D eigenvalue weighted by molar-refractivity contribution is -0.116. The molecule has 27 heavy (non-hydrogen) atoms. The third-order valence-corrected chi connectivity index (χ3v) is 5.04. The first-order chi connectivity index (χ1) is 13.0. The zero-order valence-corrected chi connectivity index (χ0v) is 16.6. The van der Waals surface area contributed by atoms with E-state index in [1.54, 1.807) is 38.1 Å². The van der Waals surface area contributed by atoms with Crippen molar-refractivity contribution in [3.8, 4) is 11.8 Å². The van der Waals surface area contributed by atoms with Crippen LogP contribution in [0.3, 0.4) is 0 Å². The third-order valence-electron chi connectivity index (χ3n) is 3.60. The smallest absolute Gasteiger partial charge is 0.348 e. The van der Waals surface area contributed by atoms with Crippen LogP contribution in [-0.4, -0.2) is 25.1 Å². The summed E-state index contributed by atoms with van der Waals surface area (Å²) in [6.07, 6.45) is 0.732. The van der Waals surface area contributed by atoms with Crippen LogP contribution in [0.25, 0.3) is 0 Å². The van der Waals surface area contributed by atoms with Gasteiger partial charge in [-0.1, -0.05) is 11.6 Å². The Labute approximate surface area is 166 Å². The first-order valence-electron chi connectivity index (χ1n) is 8.35. The van der Waals surface area contributed by atoms with Crippen molar-refractivity contribution < 1.29 is 19.1 Å². The van der Waals surface area contributed by atoms with E-state index in [9.17, 15) is 14.9 Å². The molecule has 0 fully saturated rings. The van der Waals surface area contributed by atoms with Crippen molar-refractivity contribution in [1.82, 2.24) is 0 Å². The summed E-state index contributed by atoms with van der Waals surface area (Å²) in [4.78, 5) is 24.4. The second-order valence-electron chi connectivity index (χ2n) is 5.55. The molecule has 0 bridgehead atoms. The number of benzene rings is 1. The molecule has 0 aliphatic carbocycles. The number of amides is 1. The van der Waals surface area contributed by atoms with Crippen molar-refractivity contribution in [2.24, 2.45) is 0 Å². The molecule has 0 unspecified atom stereocenters. The summed E-state index contributed by atoms with van der Waals surface area (Å²) in [6, 6.07) is 9.00. The maximum atomic E-state index is 12.1. The Morgan fingerprint density at radius 3 is 2.63 bits per heavy atom. The molecule has 0 radical (unpaired) electrons. The third kappa shape index (κ3) is 5.71. The highest BCUT2D eigenvalue weighted by atomic mass is 35.5. The van der Waals surface area contributed by atoms with Gasteiger partial charge in [-0.15, -0.1) is 11.3 Å². The van der Waals surface area contributed by atoms with Crippen molar-refractivity contribution in [3.63, 3.8) is 0 Å². The molecule has 0 spiro atoms. The second-order valence-corrected chi connectivity index (χ2v) is 7.00. The van der Waals surface area contributed by atoms with Gasteiger partial charge in [0.25, 0.3) is 0 Å². The number of thiophene rings is 1. The van der Waals surface area contributed by atoms with E-state index in [4.69, 9.17) is 21.1 Å². The summed E-state index contributed by atoms with van der Waals surface area (Å²) in [5.41, 5.74) is 0.802. The number of hydrogen-bond donors (Lipinski definition) is 1. The van der Waals surface area contributed by atoms with Gasteiger partial charge < -0.3 is 14.8 Å². The molecule has 1 heterocycles. The molecule has 0 aliphatic heterocycles. The number of hydrogen-bond acceptors (Lipinski definition) is 6. The average Bonchev–Trinajstić information content (AvgIpc) is 2.95. The molecular formula is C19H19ClN2O4S. The zero-order valence-electron chi connectivity index (χ0n) is 15.0. The van der Waals surface area contributed by atoms with Crippen LogP contribution >= 0.6 is 22.9 Å². The summed E-state index contributed by atoms with van der Waals surface area (Å²) >= 11 is 6.86. The summed E-state index contributed by atoms with van der Waals surface area (Å²) in [6.45, 7) is 3.99. The molecular weight excluding hydrogens is 388 g/mol. The molecule has 2 aromatic rings. The number of ether oxygens (including phenoxy) is 2. The quantitative estimate of drug-likeness (QED) is 0.513. The Bertz CT molecular complexity index is 856. The van der Waals surface area contributed by atoms with Crippen LogP contribution in [0.2, 0.25) is 5.02 Å². The Hall–Kier alpha value is -2.56. The molecule has 1 amide bonds. The van der Waals surface area contributed by atoms with Crippen molar-refractivity contribution in [2.75, 3.05) is 18.5 Å². The fourth-order valence-electron chi connectivity index (χ4n) is 2.27. The van der Waals surface area contributed by atoms with Gasteiger partial charge in [-0.05, 0) is 50.1 Å². The number of rotatable bonds is 8. The number of halogens is 1. The van der Waals surface area contributed by atoms with Gasteiger partial charge in [-0.25, -0.2) is 4.79 Å². The van der Waals surface area contributed by atoms with Crippen LogP contribution in [0.1, 0.15) is 40.6 Å². The average molecular weight is 407 g/mol. The first kappa shape index (κ1) is 20.7. The van der Waals surface area contributed by atoms with E-state index in [1.807, 2.05) is 6.07 Å². The molecule has 0 atom stereocenters. The van der Waals surface area contributed by atoms with Crippen LogP contribution in [0.5, 0.6) is 5.75 Å². The molecule has 1 aromatic heterocycles. The maximum absolute atomic E-state index is 12.1. The summed E-state index contributed by atoms with van der Waals surface area (Å²) < 4.78 is 10.5. The monoisotopic (exact) mass is 406 g/mol. The Balaban J connectivity index is 1.89. The largest absolute Gasteiger partial charge is 0.494 e. The van der Waals surface area contributed by atoms with Gasteiger partial charge in [0.1, 0.15) is 21.7 Å². The lowest BCUT2D eigenvalue weighted by atomic mass is 10.1. The number of carbonyl (C=O) groups excluding carboxylic acids is 2. The van der Waals surface area contributed by atoms with Crippen LogP contribution in [-0.2, 0) is 9.53 Å². The Morgan fingerprint density at radius 1 is 1.30 bits per heavy atom. The Morgan fingerprint density at radius 2 is 2.00 bits per heavy atom. The topological polar surface area (TPSA) is 88.4 Å². The fourth-order valence-corrected chi connectivity index (χ4v) is 3.46. The van der Waals surface area contributed by atoms with Gasteiger partial charge in [-0.2, -0.15) is 5.26 Å². The number of nitriles is 1. The molecule has 2 rings (SSSR count). The van der Waals surface area contributed by atoms with Gasteiger partial charge >= 0.3 is 5.97 Å². The molecule has 0 saturated heterocycles. The lowest BCUT2D eigenvalue weighted by Crippen LogP contribution is -2.12.